The maximum absolute atomic E-state index is 12.6. The Balaban J connectivity index is 1.85. The van der Waals surface area contributed by atoms with E-state index in [0.717, 1.165) is 11.1 Å². The summed E-state index contributed by atoms with van der Waals surface area (Å²) in [4.78, 5) is 0.0957. The van der Waals surface area contributed by atoms with Crippen LogP contribution in [0.15, 0.2) is 65.6 Å². The Morgan fingerprint density at radius 2 is 1.45 bits per heavy atom. The summed E-state index contributed by atoms with van der Waals surface area (Å²) in [6.45, 7) is 0. The zero-order chi connectivity index (χ0) is 22.4. The molecule has 0 amide bonds. The Bertz CT molecular complexity index is 1180. The second-order valence-electron chi connectivity index (χ2n) is 6.48. The van der Waals surface area contributed by atoms with Crippen LogP contribution in [0.5, 0.6) is 17.2 Å². The van der Waals surface area contributed by atoms with E-state index in [4.69, 9.17) is 25.8 Å². The van der Waals surface area contributed by atoms with Gasteiger partial charge in [-0.05, 0) is 53.6 Å². The number of sulfonamides is 1. The van der Waals surface area contributed by atoms with Crippen LogP contribution in [0.1, 0.15) is 11.1 Å². The first-order valence-electron chi connectivity index (χ1n) is 9.23. The van der Waals surface area contributed by atoms with Gasteiger partial charge >= 0.3 is 0 Å². The van der Waals surface area contributed by atoms with Crippen LogP contribution in [0.4, 0.5) is 5.69 Å². The van der Waals surface area contributed by atoms with Gasteiger partial charge in [-0.2, -0.15) is 0 Å². The molecular formula is C23H22ClNO5S. The second kappa shape index (κ2) is 9.76. The molecule has 1 N–H and O–H groups in total. The van der Waals surface area contributed by atoms with Gasteiger partial charge < -0.3 is 14.2 Å². The quantitative estimate of drug-likeness (QED) is 0.460. The largest absolute Gasteiger partial charge is 0.493 e. The standard InChI is InChI=1S/C23H22ClNO5S/c1-28-21-13-17(14-22(29-2)23(21)30-3)11-10-16-6-4-8-19(12-16)25-31(26,27)20-9-5-7-18(24)15-20/h4-15,25H,1-3H3/b11-10-. The summed E-state index contributed by atoms with van der Waals surface area (Å²) < 4.78 is 43.9. The van der Waals surface area contributed by atoms with Crippen LogP contribution in [0.2, 0.25) is 5.02 Å². The number of halogens is 1. The Hall–Kier alpha value is -3.16. The highest BCUT2D eigenvalue weighted by Gasteiger charge is 2.15. The molecule has 8 heteroatoms. The molecule has 31 heavy (non-hydrogen) atoms. The smallest absolute Gasteiger partial charge is 0.261 e. The molecule has 0 fully saturated rings. The minimum absolute atomic E-state index is 0.0957. The van der Waals surface area contributed by atoms with Gasteiger partial charge in [-0.3, -0.25) is 4.72 Å². The van der Waals surface area contributed by atoms with Crippen LogP contribution in [-0.2, 0) is 10.0 Å². The van der Waals surface area contributed by atoms with E-state index in [-0.39, 0.29) is 4.90 Å². The van der Waals surface area contributed by atoms with Gasteiger partial charge in [-0.15, -0.1) is 0 Å². The summed E-state index contributed by atoms with van der Waals surface area (Å²) in [5.74, 6) is 1.61. The van der Waals surface area contributed by atoms with E-state index in [1.54, 1.807) is 51.7 Å². The summed E-state index contributed by atoms with van der Waals surface area (Å²) in [5.41, 5.74) is 2.08. The fraction of sp³-hybridized carbons (Fsp3) is 0.130. The summed E-state index contributed by atoms with van der Waals surface area (Å²) in [6, 6.07) is 16.8. The van der Waals surface area contributed by atoms with Gasteiger partial charge in [-0.1, -0.05) is 42.0 Å². The number of hydrogen-bond acceptors (Lipinski definition) is 5. The first-order valence-corrected chi connectivity index (χ1v) is 11.1. The summed E-state index contributed by atoms with van der Waals surface area (Å²) in [6.07, 6.45) is 3.73. The summed E-state index contributed by atoms with van der Waals surface area (Å²) in [5, 5.41) is 0.352. The molecular weight excluding hydrogens is 438 g/mol. The number of benzene rings is 3. The van der Waals surface area contributed by atoms with E-state index >= 15 is 0 Å². The average molecular weight is 460 g/mol. The van der Waals surface area contributed by atoms with Crippen molar-refractivity contribution in [3.8, 4) is 17.2 Å². The lowest BCUT2D eigenvalue weighted by Gasteiger charge is -2.13. The zero-order valence-corrected chi connectivity index (χ0v) is 18.8. The van der Waals surface area contributed by atoms with E-state index in [0.29, 0.717) is 28.0 Å². The number of anilines is 1. The van der Waals surface area contributed by atoms with Gasteiger partial charge in [-0.25, -0.2) is 8.42 Å². The number of ether oxygens (including phenoxy) is 3. The highest BCUT2D eigenvalue weighted by molar-refractivity contribution is 7.92. The number of methoxy groups -OCH3 is 3. The monoisotopic (exact) mass is 459 g/mol. The van der Waals surface area contributed by atoms with Crippen molar-refractivity contribution in [1.29, 1.82) is 0 Å². The molecule has 0 aliphatic heterocycles. The Labute approximate surface area is 187 Å². The molecule has 0 saturated heterocycles. The van der Waals surface area contributed by atoms with Crippen molar-refractivity contribution in [3.05, 3.63) is 76.8 Å². The maximum atomic E-state index is 12.6. The molecule has 162 valence electrons. The van der Waals surface area contributed by atoms with Gasteiger partial charge in [0.05, 0.1) is 26.2 Å². The molecule has 0 heterocycles. The molecule has 3 aromatic rings. The minimum Gasteiger partial charge on any atom is -0.493 e. The maximum Gasteiger partial charge on any atom is 0.261 e. The third kappa shape index (κ3) is 5.51. The Kier molecular flexibility index (Phi) is 7.09. The second-order valence-corrected chi connectivity index (χ2v) is 8.60. The molecule has 0 spiro atoms. The highest BCUT2D eigenvalue weighted by Crippen LogP contribution is 2.38. The lowest BCUT2D eigenvalue weighted by atomic mass is 10.1. The fourth-order valence-corrected chi connectivity index (χ4v) is 4.29. The van der Waals surface area contributed by atoms with E-state index in [2.05, 4.69) is 4.72 Å². The van der Waals surface area contributed by atoms with Crippen molar-refractivity contribution in [1.82, 2.24) is 0 Å². The number of rotatable bonds is 8. The van der Waals surface area contributed by atoms with E-state index in [1.165, 1.54) is 12.1 Å². The molecule has 0 unspecified atom stereocenters. The first kappa shape index (κ1) is 22.5. The van der Waals surface area contributed by atoms with Gasteiger partial charge in [0, 0.05) is 10.7 Å². The van der Waals surface area contributed by atoms with Crippen molar-refractivity contribution >= 4 is 39.5 Å². The molecule has 0 aromatic heterocycles. The van der Waals surface area contributed by atoms with Crippen molar-refractivity contribution in [2.45, 2.75) is 4.90 Å². The summed E-state index contributed by atoms with van der Waals surface area (Å²) >= 11 is 5.91. The van der Waals surface area contributed by atoms with Crippen molar-refractivity contribution in [3.63, 3.8) is 0 Å². The normalized spacial score (nSPS) is 11.4. The first-order chi connectivity index (χ1) is 14.9. The fourth-order valence-electron chi connectivity index (χ4n) is 2.94. The van der Waals surface area contributed by atoms with Crippen molar-refractivity contribution < 1.29 is 22.6 Å². The Morgan fingerprint density at radius 1 is 0.806 bits per heavy atom. The van der Waals surface area contributed by atoms with Gasteiger partial charge in [0.15, 0.2) is 11.5 Å². The molecule has 0 bridgehead atoms. The van der Waals surface area contributed by atoms with Gasteiger partial charge in [0.1, 0.15) is 0 Å². The predicted octanol–water partition coefficient (Wildman–Crippen LogP) is 5.34. The molecule has 6 nitrogen and oxygen atoms in total. The molecule has 0 aliphatic rings. The minimum atomic E-state index is -3.75. The number of hydrogen-bond donors (Lipinski definition) is 1. The molecule has 0 radical (unpaired) electrons. The molecule has 0 saturated carbocycles. The molecule has 0 aliphatic carbocycles. The van der Waals surface area contributed by atoms with Gasteiger partial charge in [0.2, 0.25) is 5.75 Å². The third-order valence-corrected chi connectivity index (χ3v) is 6.01. The average Bonchev–Trinajstić information content (AvgIpc) is 2.76. The van der Waals surface area contributed by atoms with Crippen LogP contribution in [-0.4, -0.2) is 29.7 Å². The Morgan fingerprint density at radius 3 is 2.06 bits per heavy atom. The van der Waals surface area contributed by atoms with E-state index < -0.39 is 10.0 Å². The van der Waals surface area contributed by atoms with Crippen molar-refractivity contribution in [2.75, 3.05) is 26.1 Å². The third-order valence-electron chi connectivity index (χ3n) is 4.40. The lowest BCUT2D eigenvalue weighted by Crippen LogP contribution is -2.12. The van der Waals surface area contributed by atoms with Crippen LogP contribution >= 0.6 is 11.6 Å². The van der Waals surface area contributed by atoms with Crippen LogP contribution in [0.25, 0.3) is 12.2 Å². The lowest BCUT2D eigenvalue weighted by molar-refractivity contribution is 0.324. The van der Waals surface area contributed by atoms with Crippen LogP contribution in [0, 0.1) is 0 Å². The highest BCUT2D eigenvalue weighted by atomic mass is 35.5. The number of nitrogens with one attached hydrogen (secondary N) is 1. The summed E-state index contributed by atoms with van der Waals surface area (Å²) in [7, 11) is 0.908. The van der Waals surface area contributed by atoms with E-state index in [1.807, 2.05) is 30.4 Å². The van der Waals surface area contributed by atoms with Crippen LogP contribution < -0.4 is 18.9 Å². The molecule has 3 rings (SSSR count). The van der Waals surface area contributed by atoms with Crippen molar-refractivity contribution in [2.24, 2.45) is 0 Å². The zero-order valence-electron chi connectivity index (χ0n) is 17.3. The van der Waals surface area contributed by atoms with E-state index in [9.17, 15) is 8.42 Å². The molecule has 3 aromatic carbocycles. The van der Waals surface area contributed by atoms with Gasteiger partial charge in [0.25, 0.3) is 10.0 Å². The molecule has 0 atom stereocenters. The topological polar surface area (TPSA) is 73.9 Å². The van der Waals surface area contributed by atoms with Crippen LogP contribution in [0.3, 0.4) is 0 Å². The SMILES string of the molecule is COc1cc(/C=C\c2cccc(NS(=O)(=O)c3cccc(Cl)c3)c2)cc(OC)c1OC. The predicted molar refractivity (Wildman–Crippen MR) is 124 cm³/mol.